The monoisotopic (exact) mass is 679 g/mol. The number of nitrogens with one attached hydrogen (secondary N) is 1. The summed E-state index contributed by atoms with van der Waals surface area (Å²) in [5.41, 5.74) is 0.402. The smallest absolute Gasteiger partial charge is 0.410 e. The normalized spacial score (nSPS) is 28.4. The van der Waals surface area contributed by atoms with Crippen LogP contribution in [-0.2, 0) is 48.0 Å². The van der Waals surface area contributed by atoms with Crippen molar-refractivity contribution >= 4 is 33.7 Å². The first-order chi connectivity index (χ1) is 23.0. The van der Waals surface area contributed by atoms with E-state index in [1.807, 2.05) is 19.1 Å². The highest BCUT2D eigenvalue weighted by atomic mass is 32.2. The van der Waals surface area contributed by atoms with Crippen LogP contribution in [0.5, 0.6) is 0 Å². The summed E-state index contributed by atoms with van der Waals surface area (Å²) >= 11 is 0. The van der Waals surface area contributed by atoms with Crippen molar-refractivity contribution in [3.63, 3.8) is 0 Å². The number of rotatable bonds is 5. The zero-order valence-corrected chi connectivity index (χ0v) is 27.9. The van der Waals surface area contributed by atoms with Gasteiger partial charge in [-0.15, -0.1) is 0 Å². The summed E-state index contributed by atoms with van der Waals surface area (Å²) in [6.45, 7) is 2.12. The Morgan fingerprint density at radius 1 is 1.04 bits per heavy atom. The lowest BCUT2D eigenvalue weighted by molar-refractivity contribution is -0.141. The van der Waals surface area contributed by atoms with Crippen molar-refractivity contribution in [2.45, 2.75) is 89.3 Å². The summed E-state index contributed by atoms with van der Waals surface area (Å²) in [4.78, 5) is 57.7. The summed E-state index contributed by atoms with van der Waals surface area (Å²) in [5.74, 6) is -2.76. The topological polar surface area (TPSA) is 130 Å². The van der Waals surface area contributed by atoms with Crippen molar-refractivity contribution < 1.29 is 36.7 Å². The van der Waals surface area contributed by atoms with Gasteiger partial charge in [0.1, 0.15) is 11.9 Å². The van der Waals surface area contributed by atoms with E-state index in [0.717, 1.165) is 25.7 Å². The Bertz CT molecular complexity index is 1710. The molecular formula is C36H42FN3O7S. The first-order valence-electron chi connectivity index (χ1n) is 16.8. The molecule has 3 aliphatic heterocycles. The van der Waals surface area contributed by atoms with E-state index in [2.05, 4.69) is 4.72 Å². The maximum Gasteiger partial charge on any atom is 0.410 e. The average molecular weight is 680 g/mol. The lowest BCUT2D eigenvalue weighted by Crippen LogP contribution is -2.45. The number of halogens is 1. The molecule has 5 atom stereocenters. The second kappa shape index (κ2) is 13.8. The number of fused-ring (bicyclic) bond motifs is 3. The van der Waals surface area contributed by atoms with Crippen LogP contribution in [0.4, 0.5) is 9.18 Å². The standard InChI is InChI=1S/C36H42FN3O7S/c1-24-11-6-3-2-4-9-15-27-18-36(27,34(43)38-48(45,46)23-25-12-7-5-8-13-25)19-32(41)31-17-28(21-40(31)33(24)42)47-35(44)39-20-26-14-10-16-30(37)29(26)22-39/h5,7-10,12-16,24,27-28,31H,2-4,6,11,17-23H2,1H3,(H,38,43)/b15-9-/t24-,27+,28+,31-,36+/m0/s1. The van der Waals surface area contributed by atoms with E-state index in [0.29, 0.717) is 29.5 Å². The van der Waals surface area contributed by atoms with Gasteiger partial charge >= 0.3 is 6.09 Å². The summed E-state index contributed by atoms with van der Waals surface area (Å²) in [6, 6.07) is 12.3. The molecule has 0 radical (unpaired) electrons. The Morgan fingerprint density at radius 2 is 1.83 bits per heavy atom. The zero-order valence-electron chi connectivity index (χ0n) is 27.1. The van der Waals surface area contributed by atoms with Gasteiger partial charge in [0.2, 0.25) is 21.8 Å². The first kappa shape index (κ1) is 33.8. The molecule has 1 N–H and O–H groups in total. The van der Waals surface area contributed by atoms with Crippen LogP contribution in [-0.4, -0.2) is 60.6 Å². The highest BCUT2D eigenvalue weighted by Crippen LogP contribution is 2.57. The first-order valence-corrected chi connectivity index (χ1v) is 18.4. The number of ether oxygens (including phenoxy) is 1. The van der Waals surface area contributed by atoms with Crippen molar-refractivity contribution in [3.8, 4) is 0 Å². The van der Waals surface area contributed by atoms with Gasteiger partial charge in [-0.1, -0.05) is 74.4 Å². The molecule has 2 aromatic rings. The van der Waals surface area contributed by atoms with Gasteiger partial charge in [0.25, 0.3) is 0 Å². The van der Waals surface area contributed by atoms with Crippen molar-refractivity contribution in [2.75, 3.05) is 6.54 Å². The molecule has 1 saturated heterocycles. The number of benzene rings is 2. The Hall–Kier alpha value is -4.06. The van der Waals surface area contributed by atoms with E-state index in [1.54, 1.807) is 42.5 Å². The molecule has 0 aromatic heterocycles. The highest BCUT2D eigenvalue weighted by Gasteiger charge is 2.61. The Balaban J connectivity index is 1.20. The van der Waals surface area contributed by atoms with Crippen molar-refractivity contribution in [1.29, 1.82) is 0 Å². The van der Waals surface area contributed by atoms with Crippen LogP contribution in [0, 0.1) is 23.1 Å². The summed E-state index contributed by atoms with van der Waals surface area (Å²) in [6.07, 6.45) is 6.69. The van der Waals surface area contributed by atoms with Crippen molar-refractivity contribution in [3.05, 3.63) is 83.2 Å². The number of sulfonamides is 1. The van der Waals surface area contributed by atoms with E-state index < -0.39 is 39.6 Å². The molecule has 6 rings (SSSR count). The molecule has 48 heavy (non-hydrogen) atoms. The minimum absolute atomic E-state index is 0.0223. The van der Waals surface area contributed by atoms with E-state index in [9.17, 15) is 32.0 Å². The number of hydrogen-bond acceptors (Lipinski definition) is 7. The van der Waals surface area contributed by atoms with Crippen LogP contribution >= 0.6 is 0 Å². The molecule has 3 heterocycles. The van der Waals surface area contributed by atoms with Gasteiger partial charge in [-0.05, 0) is 48.8 Å². The minimum atomic E-state index is -4.05. The quantitative estimate of drug-likeness (QED) is 0.440. The Morgan fingerprint density at radius 3 is 2.60 bits per heavy atom. The number of carbonyl (C=O) groups is 4. The maximum absolute atomic E-state index is 14.3. The summed E-state index contributed by atoms with van der Waals surface area (Å²) in [7, 11) is -4.05. The van der Waals surface area contributed by atoms with E-state index in [4.69, 9.17) is 4.74 Å². The molecule has 2 fully saturated rings. The van der Waals surface area contributed by atoms with Crippen LogP contribution in [0.15, 0.2) is 60.7 Å². The molecule has 3 amide bonds. The number of amides is 3. The number of nitrogens with zero attached hydrogens (tertiary/aromatic N) is 2. The number of ketones is 1. The number of carbonyl (C=O) groups excluding carboxylic acids is 4. The van der Waals surface area contributed by atoms with Gasteiger partial charge in [-0.25, -0.2) is 17.6 Å². The molecule has 4 aliphatic rings. The second-order valence-electron chi connectivity index (χ2n) is 13.7. The fourth-order valence-electron chi connectivity index (χ4n) is 7.35. The Kier molecular flexibility index (Phi) is 9.74. The second-order valence-corrected chi connectivity index (χ2v) is 15.5. The van der Waals surface area contributed by atoms with E-state index >= 15 is 0 Å². The lowest BCUT2D eigenvalue weighted by atomic mass is 9.91. The van der Waals surface area contributed by atoms with Crippen LogP contribution < -0.4 is 4.72 Å². The Labute approximate surface area is 280 Å². The van der Waals surface area contributed by atoms with Crippen molar-refractivity contribution in [1.82, 2.24) is 14.5 Å². The predicted molar refractivity (Wildman–Crippen MR) is 175 cm³/mol. The van der Waals surface area contributed by atoms with Gasteiger partial charge in [-0.3, -0.25) is 24.0 Å². The number of allylic oxidation sites excluding steroid dienone is 2. The molecule has 10 nitrogen and oxygen atoms in total. The third kappa shape index (κ3) is 7.33. The third-order valence-corrected chi connectivity index (χ3v) is 11.4. The predicted octanol–water partition coefficient (Wildman–Crippen LogP) is 5.02. The third-order valence-electron chi connectivity index (χ3n) is 10.2. The van der Waals surface area contributed by atoms with E-state index in [-0.39, 0.29) is 67.6 Å². The molecule has 0 unspecified atom stereocenters. The molecule has 12 heteroatoms. The van der Waals surface area contributed by atoms with Crippen LogP contribution in [0.3, 0.4) is 0 Å². The molecule has 2 aromatic carbocycles. The average Bonchev–Trinajstić information content (AvgIpc) is 3.34. The van der Waals surface area contributed by atoms with Gasteiger partial charge in [0, 0.05) is 30.9 Å². The number of Topliss-reactive ketones (excluding diaryl/α,β-unsaturated/α-hetero) is 1. The highest BCUT2D eigenvalue weighted by molar-refractivity contribution is 7.89. The van der Waals surface area contributed by atoms with Gasteiger partial charge in [0.05, 0.1) is 30.3 Å². The maximum atomic E-state index is 14.3. The largest absolute Gasteiger partial charge is 0.444 e. The molecule has 0 bridgehead atoms. The number of hydrogen-bond donors (Lipinski definition) is 1. The molecule has 1 aliphatic carbocycles. The van der Waals surface area contributed by atoms with Crippen molar-refractivity contribution in [2.24, 2.45) is 17.3 Å². The van der Waals surface area contributed by atoms with Crippen LogP contribution in [0.1, 0.15) is 75.0 Å². The lowest BCUT2D eigenvalue weighted by Gasteiger charge is -2.27. The molecular weight excluding hydrogens is 637 g/mol. The zero-order chi connectivity index (χ0) is 34.1. The van der Waals surface area contributed by atoms with Gasteiger partial charge in [0.15, 0.2) is 5.78 Å². The molecule has 256 valence electrons. The SMILES string of the molecule is C[C@H]1CCCCC/C=C\[C@@H]2C[C@@]2(C(=O)NS(=O)(=O)Cc2ccccc2)CC(=O)[C@@H]2C[C@@H](OC(=O)N3Cc4cccc(F)c4C3)CN2C1=O. The molecule has 1 saturated carbocycles. The minimum Gasteiger partial charge on any atom is -0.444 e. The summed E-state index contributed by atoms with van der Waals surface area (Å²) in [5, 5.41) is 0. The van der Waals surface area contributed by atoms with Crippen LogP contribution in [0.2, 0.25) is 0 Å². The van der Waals surface area contributed by atoms with Gasteiger partial charge in [-0.2, -0.15) is 0 Å². The fraction of sp³-hybridized carbons (Fsp3) is 0.500. The van der Waals surface area contributed by atoms with Crippen LogP contribution in [0.25, 0.3) is 0 Å². The summed E-state index contributed by atoms with van der Waals surface area (Å²) < 4.78 is 48.5. The van der Waals surface area contributed by atoms with Gasteiger partial charge < -0.3 is 9.64 Å². The fourth-order valence-corrected chi connectivity index (χ4v) is 8.54. The molecule has 0 spiro atoms. The van der Waals surface area contributed by atoms with E-state index in [1.165, 1.54) is 15.9 Å².